The van der Waals surface area contributed by atoms with Gasteiger partial charge in [0.05, 0.1) is 6.54 Å². The highest BCUT2D eigenvalue weighted by Gasteiger charge is 2.26. The number of aryl methyl sites for hydroxylation is 1. The van der Waals surface area contributed by atoms with Gasteiger partial charge in [-0.1, -0.05) is 28.5 Å². The third-order valence-corrected chi connectivity index (χ3v) is 5.53. The fraction of sp³-hybridized carbons (Fsp3) is 0.318. The maximum atomic E-state index is 13.8. The number of aromatic nitrogens is 5. The van der Waals surface area contributed by atoms with E-state index in [1.807, 2.05) is 18.2 Å². The quantitative estimate of drug-likeness (QED) is 0.478. The molecule has 0 unspecified atom stereocenters. The van der Waals surface area contributed by atoms with E-state index < -0.39 is 0 Å². The summed E-state index contributed by atoms with van der Waals surface area (Å²) in [6.07, 6.45) is 3.50. The number of piperidine rings is 1. The lowest BCUT2D eigenvalue weighted by Gasteiger charge is -2.28. The van der Waals surface area contributed by atoms with E-state index in [0.717, 1.165) is 25.9 Å². The van der Waals surface area contributed by atoms with Gasteiger partial charge in [-0.25, -0.2) is 4.39 Å². The molecule has 9 heteroatoms. The lowest BCUT2D eigenvalue weighted by molar-refractivity contribution is 0.168. The van der Waals surface area contributed by atoms with Crippen molar-refractivity contribution in [1.29, 1.82) is 0 Å². The molecule has 1 aliphatic heterocycles. The molecule has 0 bridgehead atoms. The summed E-state index contributed by atoms with van der Waals surface area (Å²) in [5.41, 5.74) is 1.90. The van der Waals surface area contributed by atoms with Gasteiger partial charge in [0.1, 0.15) is 11.5 Å². The number of likely N-dealkylation sites (tertiary alicyclic amines) is 1. The van der Waals surface area contributed by atoms with E-state index in [-0.39, 0.29) is 11.7 Å². The summed E-state index contributed by atoms with van der Waals surface area (Å²) in [4.78, 5) is 15.5. The Hall–Kier alpha value is -3.46. The Kier molecular flexibility index (Phi) is 5.25. The number of nitrogens with zero attached hydrogens (tertiary/aromatic N) is 6. The fourth-order valence-electron chi connectivity index (χ4n) is 3.70. The molecule has 5 rings (SSSR count). The van der Waals surface area contributed by atoms with Crippen LogP contribution in [0.4, 0.5) is 4.39 Å². The number of rotatable bonds is 5. The minimum absolute atomic E-state index is 0.218. The van der Waals surface area contributed by atoms with E-state index >= 15 is 0 Å². The molecule has 0 atom stereocenters. The van der Waals surface area contributed by atoms with Gasteiger partial charge in [0.15, 0.2) is 0 Å². The molecule has 0 spiro atoms. The molecule has 4 aromatic rings. The Labute approximate surface area is 178 Å². The van der Waals surface area contributed by atoms with Crippen LogP contribution in [0.1, 0.15) is 36.1 Å². The predicted molar refractivity (Wildman–Crippen MR) is 109 cm³/mol. The maximum absolute atomic E-state index is 13.8. The number of halogens is 1. The number of pyridine rings is 1. The van der Waals surface area contributed by atoms with Gasteiger partial charge in [-0.15, -0.1) is 0 Å². The highest BCUT2D eigenvalue weighted by molar-refractivity contribution is 5.54. The van der Waals surface area contributed by atoms with E-state index in [9.17, 15) is 4.39 Å². The first-order valence-electron chi connectivity index (χ1n) is 10.2. The third-order valence-electron chi connectivity index (χ3n) is 5.53. The SMILES string of the molecule is Cc1ccc(-c2noc(CN3CCC(c4nc(-c5ccccn5)no4)CC3)n2)cc1F. The van der Waals surface area contributed by atoms with Crippen LogP contribution in [0.5, 0.6) is 0 Å². The lowest BCUT2D eigenvalue weighted by Crippen LogP contribution is -2.32. The Morgan fingerprint density at radius 3 is 2.65 bits per heavy atom. The van der Waals surface area contributed by atoms with Crippen molar-refractivity contribution in [3.05, 3.63) is 65.8 Å². The monoisotopic (exact) mass is 420 g/mol. The first-order valence-corrected chi connectivity index (χ1v) is 10.2. The molecule has 1 fully saturated rings. The highest BCUT2D eigenvalue weighted by atomic mass is 19.1. The Morgan fingerprint density at radius 1 is 1.03 bits per heavy atom. The third kappa shape index (κ3) is 4.22. The average Bonchev–Trinajstić information content (AvgIpc) is 3.47. The van der Waals surface area contributed by atoms with E-state index in [4.69, 9.17) is 9.05 Å². The van der Waals surface area contributed by atoms with E-state index in [0.29, 0.717) is 46.8 Å². The molecule has 0 radical (unpaired) electrons. The molecule has 0 saturated carbocycles. The van der Waals surface area contributed by atoms with E-state index in [2.05, 4.69) is 30.2 Å². The van der Waals surface area contributed by atoms with Crippen LogP contribution >= 0.6 is 0 Å². The molecule has 3 aromatic heterocycles. The Balaban J connectivity index is 1.19. The van der Waals surface area contributed by atoms with Crippen molar-refractivity contribution >= 4 is 0 Å². The zero-order chi connectivity index (χ0) is 21.2. The predicted octanol–water partition coefficient (Wildman–Crippen LogP) is 4.01. The van der Waals surface area contributed by atoms with Crippen molar-refractivity contribution < 1.29 is 13.4 Å². The zero-order valence-electron chi connectivity index (χ0n) is 17.0. The molecule has 31 heavy (non-hydrogen) atoms. The van der Waals surface area contributed by atoms with Gasteiger partial charge < -0.3 is 9.05 Å². The van der Waals surface area contributed by atoms with Crippen LogP contribution in [0.15, 0.2) is 51.6 Å². The number of hydrogen-bond acceptors (Lipinski definition) is 8. The van der Waals surface area contributed by atoms with E-state index in [1.165, 1.54) is 6.07 Å². The molecule has 158 valence electrons. The van der Waals surface area contributed by atoms with Crippen LogP contribution in [-0.4, -0.2) is 43.3 Å². The lowest BCUT2D eigenvalue weighted by atomic mass is 9.97. The van der Waals surface area contributed by atoms with Gasteiger partial charge in [-0.3, -0.25) is 9.88 Å². The number of benzene rings is 1. The summed E-state index contributed by atoms with van der Waals surface area (Å²) in [5.74, 6) is 2.03. The van der Waals surface area contributed by atoms with Crippen LogP contribution < -0.4 is 0 Å². The maximum Gasteiger partial charge on any atom is 0.241 e. The zero-order valence-corrected chi connectivity index (χ0v) is 17.0. The molecule has 1 saturated heterocycles. The topological polar surface area (TPSA) is 94.0 Å². The standard InChI is InChI=1S/C22H21FN6O2/c1-14-5-6-16(12-17(14)23)20-25-19(30-27-20)13-29-10-7-15(8-11-29)22-26-21(28-31-22)18-4-2-3-9-24-18/h2-6,9,12,15H,7-8,10-11,13H2,1H3. The van der Waals surface area contributed by atoms with Gasteiger partial charge in [0.25, 0.3) is 0 Å². The molecule has 8 nitrogen and oxygen atoms in total. The molecule has 1 aromatic carbocycles. The van der Waals surface area contributed by atoms with Crippen LogP contribution in [0, 0.1) is 12.7 Å². The largest absolute Gasteiger partial charge is 0.339 e. The first kappa shape index (κ1) is 19.5. The Bertz CT molecular complexity index is 1170. The minimum atomic E-state index is -0.279. The molecular formula is C22H21FN6O2. The van der Waals surface area contributed by atoms with Gasteiger partial charge in [0, 0.05) is 17.7 Å². The van der Waals surface area contributed by atoms with Gasteiger partial charge in [-0.2, -0.15) is 9.97 Å². The molecule has 1 aliphatic rings. The molecule has 0 amide bonds. The second-order valence-corrected chi connectivity index (χ2v) is 7.70. The summed E-state index contributed by atoms with van der Waals surface area (Å²) in [6, 6.07) is 10.5. The minimum Gasteiger partial charge on any atom is -0.339 e. The van der Waals surface area contributed by atoms with Crippen LogP contribution in [-0.2, 0) is 6.54 Å². The summed E-state index contributed by atoms with van der Waals surface area (Å²) < 4.78 is 24.7. The fourth-order valence-corrected chi connectivity index (χ4v) is 3.70. The summed E-state index contributed by atoms with van der Waals surface area (Å²) in [6.45, 7) is 3.97. The van der Waals surface area contributed by atoms with Crippen molar-refractivity contribution in [3.63, 3.8) is 0 Å². The van der Waals surface area contributed by atoms with Crippen molar-refractivity contribution in [2.24, 2.45) is 0 Å². The molecule has 4 heterocycles. The van der Waals surface area contributed by atoms with Crippen LogP contribution in [0.2, 0.25) is 0 Å². The molecule has 0 N–H and O–H groups in total. The summed E-state index contributed by atoms with van der Waals surface area (Å²) in [7, 11) is 0. The van der Waals surface area contributed by atoms with Crippen LogP contribution in [0.25, 0.3) is 22.9 Å². The Morgan fingerprint density at radius 2 is 1.87 bits per heavy atom. The average molecular weight is 420 g/mol. The van der Waals surface area contributed by atoms with Crippen molar-refractivity contribution in [2.75, 3.05) is 13.1 Å². The summed E-state index contributed by atoms with van der Waals surface area (Å²) >= 11 is 0. The van der Waals surface area contributed by atoms with Gasteiger partial charge in [-0.05, 0) is 56.6 Å². The smallest absolute Gasteiger partial charge is 0.241 e. The van der Waals surface area contributed by atoms with Crippen molar-refractivity contribution in [2.45, 2.75) is 32.2 Å². The van der Waals surface area contributed by atoms with Crippen molar-refractivity contribution in [1.82, 2.24) is 30.2 Å². The summed E-state index contributed by atoms with van der Waals surface area (Å²) in [5, 5.41) is 8.07. The second-order valence-electron chi connectivity index (χ2n) is 7.70. The first-order chi connectivity index (χ1) is 15.2. The van der Waals surface area contributed by atoms with E-state index in [1.54, 1.807) is 25.3 Å². The molecule has 0 aliphatic carbocycles. The van der Waals surface area contributed by atoms with Crippen LogP contribution in [0.3, 0.4) is 0 Å². The molecular weight excluding hydrogens is 399 g/mol. The van der Waals surface area contributed by atoms with Crippen molar-refractivity contribution in [3.8, 4) is 22.9 Å². The highest BCUT2D eigenvalue weighted by Crippen LogP contribution is 2.29. The normalized spacial score (nSPS) is 15.4. The van der Waals surface area contributed by atoms with Gasteiger partial charge >= 0.3 is 0 Å². The second kappa shape index (κ2) is 8.35. The number of hydrogen-bond donors (Lipinski definition) is 0. The van der Waals surface area contributed by atoms with Gasteiger partial charge in [0.2, 0.25) is 23.4 Å².